The molecule has 0 amide bonds. The van der Waals surface area contributed by atoms with Gasteiger partial charge in [-0.1, -0.05) is 12.1 Å². The fourth-order valence-corrected chi connectivity index (χ4v) is 1.82. The minimum Gasteiger partial charge on any atom is -0.298 e. The highest BCUT2D eigenvalue weighted by atomic mass is 32.2. The van der Waals surface area contributed by atoms with Crippen LogP contribution in [0.5, 0.6) is 0 Å². The van der Waals surface area contributed by atoms with Gasteiger partial charge in [-0.05, 0) is 12.2 Å². The predicted octanol–water partition coefficient (Wildman–Crippen LogP) is 1.07. The van der Waals surface area contributed by atoms with Crippen molar-refractivity contribution in [1.29, 1.82) is 0 Å². The summed E-state index contributed by atoms with van der Waals surface area (Å²) in [5.74, 6) is 1.86. The highest BCUT2D eigenvalue weighted by Crippen LogP contribution is 2.04. The molecular formula is C9H15N3OS. The Balaban J connectivity index is 2.27. The van der Waals surface area contributed by atoms with E-state index in [0.29, 0.717) is 12.2 Å². The smallest absolute Gasteiger partial charge is 0.148 e. The summed E-state index contributed by atoms with van der Waals surface area (Å²) in [6.45, 7) is 2.11. The van der Waals surface area contributed by atoms with Crippen molar-refractivity contribution in [3.8, 4) is 0 Å². The molecule has 78 valence electrons. The molecule has 14 heavy (non-hydrogen) atoms. The van der Waals surface area contributed by atoms with Gasteiger partial charge in [-0.2, -0.15) is 11.8 Å². The van der Waals surface area contributed by atoms with Crippen LogP contribution >= 0.6 is 11.8 Å². The van der Waals surface area contributed by atoms with Gasteiger partial charge >= 0.3 is 0 Å². The largest absolute Gasteiger partial charge is 0.298 e. The zero-order valence-electron chi connectivity index (χ0n) is 8.56. The zero-order valence-corrected chi connectivity index (χ0v) is 9.38. The molecule has 0 aliphatic rings. The first-order chi connectivity index (χ1) is 6.72. The van der Waals surface area contributed by atoms with Gasteiger partial charge in [-0.25, -0.2) is 0 Å². The summed E-state index contributed by atoms with van der Waals surface area (Å²) >= 11 is 1.68. The monoisotopic (exact) mass is 213 g/mol. The first-order valence-electron chi connectivity index (χ1n) is 4.67. The third-order valence-electron chi connectivity index (χ3n) is 1.64. The molecule has 1 heterocycles. The van der Waals surface area contributed by atoms with Crippen LogP contribution in [0.2, 0.25) is 0 Å². The SMILES string of the molecule is CCCSCC(=O)Cc1cn(C)nn1. The van der Waals surface area contributed by atoms with Gasteiger partial charge in [0.2, 0.25) is 0 Å². The molecule has 1 aromatic heterocycles. The number of thioether (sulfide) groups is 1. The van der Waals surface area contributed by atoms with E-state index in [1.807, 2.05) is 0 Å². The molecule has 0 atom stereocenters. The molecule has 0 aliphatic carbocycles. The van der Waals surface area contributed by atoms with Crippen molar-refractivity contribution in [2.24, 2.45) is 7.05 Å². The Hall–Kier alpha value is -0.840. The van der Waals surface area contributed by atoms with E-state index in [1.165, 1.54) is 0 Å². The van der Waals surface area contributed by atoms with Gasteiger partial charge in [-0.15, -0.1) is 5.10 Å². The molecule has 0 unspecified atom stereocenters. The van der Waals surface area contributed by atoms with E-state index in [9.17, 15) is 4.79 Å². The fraction of sp³-hybridized carbons (Fsp3) is 0.667. The third-order valence-corrected chi connectivity index (χ3v) is 2.86. The molecule has 1 aromatic rings. The van der Waals surface area contributed by atoms with Crippen LogP contribution in [0.3, 0.4) is 0 Å². The number of ketones is 1. The summed E-state index contributed by atoms with van der Waals surface area (Å²) in [4.78, 5) is 11.4. The minimum atomic E-state index is 0.226. The molecule has 0 saturated carbocycles. The number of rotatable bonds is 6. The summed E-state index contributed by atoms with van der Waals surface area (Å²) in [5.41, 5.74) is 0.759. The van der Waals surface area contributed by atoms with E-state index in [0.717, 1.165) is 17.9 Å². The Morgan fingerprint density at radius 2 is 2.43 bits per heavy atom. The second-order valence-corrected chi connectivity index (χ2v) is 4.26. The van der Waals surface area contributed by atoms with E-state index in [1.54, 1.807) is 29.7 Å². The number of Topliss-reactive ketones (excluding diaryl/α,β-unsaturated/α-hetero) is 1. The van der Waals surface area contributed by atoms with E-state index in [4.69, 9.17) is 0 Å². The fourth-order valence-electron chi connectivity index (χ4n) is 1.06. The Kier molecular flexibility index (Phi) is 4.65. The van der Waals surface area contributed by atoms with Crippen LogP contribution in [0.25, 0.3) is 0 Å². The van der Waals surface area contributed by atoms with E-state index < -0.39 is 0 Å². The molecule has 5 heteroatoms. The zero-order chi connectivity index (χ0) is 10.4. The van der Waals surface area contributed by atoms with Gasteiger partial charge in [0.15, 0.2) is 0 Å². The maximum absolute atomic E-state index is 11.4. The second-order valence-electron chi connectivity index (χ2n) is 3.15. The van der Waals surface area contributed by atoms with Gasteiger partial charge in [-0.3, -0.25) is 9.48 Å². The van der Waals surface area contributed by atoms with Gasteiger partial charge in [0.1, 0.15) is 5.78 Å². The van der Waals surface area contributed by atoms with Crippen molar-refractivity contribution in [2.75, 3.05) is 11.5 Å². The molecule has 0 bridgehead atoms. The highest BCUT2D eigenvalue weighted by molar-refractivity contribution is 7.99. The Labute approximate surface area is 88.1 Å². The van der Waals surface area contributed by atoms with Crippen LogP contribution in [0.15, 0.2) is 6.20 Å². The van der Waals surface area contributed by atoms with Crippen LogP contribution in [0.4, 0.5) is 0 Å². The maximum Gasteiger partial charge on any atom is 0.148 e. The summed E-state index contributed by atoms with van der Waals surface area (Å²) in [7, 11) is 1.80. The first kappa shape index (κ1) is 11.2. The molecule has 0 aliphatic heterocycles. The second kappa shape index (κ2) is 5.80. The quantitative estimate of drug-likeness (QED) is 0.663. The average Bonchev–Trinajstić information content (AvgIpc) is 2.52. The third kappa shape index (κ3) is 3.91. The van der Waals surface area contributed by atoms with Crippen LogP contribution in [0, 0.1) is 0 Å². The van der Waals surface area contributed by atoms with Crippen molar-refractivity contribution in [1.82, 2.24) is 15.0 Å². The average molecular weight is 213 g/mol. The number of hydrogen-bond acceptors (Lipinski definition) is 4. The van der Waals surface area contributed by atoms with Crippen molar-refractivity contribution in [2.45, 2.75) is 19.8 Å². The maximum atomic E-state index is 11.4. The summed E-state index contributed by atoms with van der Waals surface area (Å²) in [5, 5.41) is 7.64. The van der Waals surface area contributed by atoms with Crippen LogP contribution in [0.1, 0.15) is 19.0 Å². The number of aryl methyl sites for hydroxylation is 1. The topological polar surface area (TPSA) is 47.8 Å². The molecule has 0 fully saturated rings. The van der Waals surface area contributed by atoms with Gasteiger partial charge in [0.25, 0.3) is 0 Å². The number of carbonyl (C=O) groups is 1. The molecule has 0 aromatic carbocycles. The van der Waals surface area contributed by atoms with Gasteiger partial charge in [0, 0.05) is 13.2 Å². The predicted molar refractivity (Wildman–Crippen MR) is 57.3 cm³/mol. The van der Waals surface area contributed by atoms with Crippen molar-refractivity contribution < 1.29 is 4.79 Å². The Morgan fingerprint density at radius 3 is 3.00 bits per heavy atom. The first-order valence-corrected chi connectivity index (χ1v) is 5.82. The van der Waals surface area contributed by atoms with E-state index in [-0.39, 0.29) is 5.78 Å². The number of hydrogen-bond donors (Lipinski definition) is 0. The summed E-state index contributed by atoms with van der Waals surface area (Å²) < 4.78 is 1.61. The molecule has 1 rings (SSSR count). The van der Waals surface area contributed by atoms with Gasteiger partial charge in [0.05, 0.1) is 17.9 Å². The van der Waals surface area contributed by atoms with Crippen molar-refractivity contribution in [3.63, 3.8) is 0 Å². The summed E-state index contributed by atoms with van der Waals surface area (Å²) in [6, 6.07) is 0. The molecular weight excluding hydrogens is 198 g/mol. The number of carbonyl (C=O) groups excluding carboxylic acids is 1. The Morgan fingerprint density at radius 1 is 1.64 bits per heavy atom. The standard InChI is InChI=1S/C9H15N3OS/c1-3-4-14-7-9(13)5-8-6-12(2)11-10-8/h6H,3-5,7H2,1-2H3. The molecule has 0 saturated heterocycles. The lowest BCUT2D eigenvalue weighted by Gasteiger charge is -1.96. The lowest BCUT2D eigenvalue weighted by Crippen LogP contribution is -2.06. The molecule has 0 N–H and O–H groups in total. The van der Waals surface area contributed by atoms with Crippen LogP contribution < -0.4 is 0 Å². The molecule has 4 nitrogen and oxygen atoms in total. The lowest BCUT2D eigenvalue weighted by molar-refractivity contribution is -0.116. The van der Waals surface area contributed by atoms with E-state index >= 15 is 0 Å². The minimum absolute atomic E-state index is 0.226. The van der Waals surface area contributed by atoms with Gasteiger partial charge < -0.3 is 0 Å². The van der Waals surface area contributed by atoms with Crippen molar-refractivity contribution >= 4 is 17.5 Å². The normalized spacial score (nSPS) is 10.4. The van der Waals surface area contributed by atoms with Crippen LogP contribution in [-0.2, 0) is 18.3 Å². The van der Waals surface area contributed by atoms with Crippen LogP contribution in [-0.4, -0.2) is 32.3 Å². The number of nitrogens with zero attached hydrogens (tertiary/aromatic N) is 3. The molecule has 0 radical (unpaired) electrons. The Bertz CT molecular complexity index is 298. The highest BCUT2D eigenvalue weighted by Gasteiger charge is 2.06. The molecule has 0 spiro atoms. The van der Waals surface area contributed by atoms with Crippen molar-refractivity contribution in [3.05, 3.63) is 11.9 Å². The van der Waals surface area contributed by atoms with E-state index in [2.05, 4.69) is 17.2 Å². The summed E-state index contributed by atoms with van der Waals surface area (Å²) in [6.07, 6.45) is 3.30. The lowest BCUT2D eigenvalue weighted by atomic mass is 10.2. The number of aromatic nitrogens is 3.